The topological polar surface area (TPSA) is 64.0 Å². The number of halogens is 2. The van der Waals surface area contributed by atoms with Crippen LogP contribution in [-0.2, 0) is 4.79 Å². The average Bonchev–Trinajstić information content (AvgIpc) is 2.78. The van der Waals surface area contributed by atoms with Gasteiger partial charge < -0.3 is 5.32 Å². The zero-order valence-corrected chi connectivity index (χ0v) is 19.7. The third-order valence-corrected chi connectivity index (χ3v) is 6.79. The fourth-order valence-corrected chi connectivity index (χ4v) is 4.38. The first-order chi connectivity index (χ1) is 15.3. The number of fused-ring (bicyclic) bond motifs is 1. The minimum Gasteiger partial charge on any atom is -0.325 e. The number of aromatic nitrogens is 2. The Hall–Kier alpha value is -2.80. The highest BCUT2D eigenvalue weighted by molar-refractivity contribution is 7.99. The summed E-state index contributed by atoms with van der Waals surface area (Å²) in [6.45, 7) is 3.74. The van der Waals surface area contributed by atoms with Crippen LogP contribution in [0.5, 0.6) is 0 Å². The molecule has 0 saturated carbocycles. The van der Waals surface area contributed by atoms with E-state index in [4.69, 9.17) is 23.2 Å². The molecule has 5 nitrogen and oxygen atoms in total. The molecule has 4 rings (SSSR count). The molecule has 0 saturated heterocycles. The number of nitrogens with zero attached hydrogens (tertiary/aromatic N) is 2. The number of nitrogens with one attached hydrogen (secondary N) is 1. The third-order valence-electron chi connectivity index (χ3n) is 5.03. The number of carbonyl (C=O) groups is 1. The van der Waals surface area contributed by atoms with Crippen molar-refractivity contribution in [2.24, 2.45) is 0 Å². The van der Waals surface area contributed by atoms with Crippen LogP contribution in [0.15, 0.2) is 70.6 Å². The van der Waals surface area contributed by atoms with Crippen LogP contribution in [0.4, 0.5) is 5.69 Å². The summed E-state index contributed by atoms with van der Waals surface area (Å²) in [6.07, 6.45) is 0. The maximum absolute atomic E-state index is 13.3. The smallest absolute Gasteiger partial charge is 0.266 e. The van der Waals surface area contributed by atoms with E-state index in [9.17, 15) is 9.59 Å². The van der Waals surface area contributed by atoms with E-state index in [2.05, 4.69) is 10.3 Å². The summed E-state index contributed by atoms with van der Waals surface area (Å²) in [6, 6.07) is 17.9. The van der Waals surface area contributed by atoms with Crippen molar-refractivity contribution in [2.45, 2.75) is 19.0 Å². The normalized spacial score (nSPS) is 11.0. The van der Waals surface area contributed by atoms with Crippen molar-refractivity contribution in [1.29, 1.82) is 0 Å². The molecule has 1 amide bonds. The first kappa shape index (κ1) is 22.4. The Morgan fingerprint density at radius 2 is 1.81 bits per heavy atom. The number of aryl methyl sites for hydroxylation is 1. The van der Waals surface area contributed by atoms with E-state index in [0.717, 1.165) is 11.1 Å². The molecule has 0 spiro atoms. The summed E-state index contributed by atoms with van der Waals surface area (Å²) in [7, 11) is 0. The van der Waals surface area contributed by atoms with Gasteiger partial charge in [-0.15, -0.1) is 0 Å². The lowest BCUT2D eigenvalue weighted by molar-refractivity contribution is -0.113. The summed E-state index contributed by atoms with van der Waals surface area (Å²) < 4.78 is 1.50. The molecule has 162 valence electrons. The number of benzene rings is 3. The number of thioether (sulfide) groups is 1. The lowest BCUT2D eigenvalue weighted by atomic mass is 10.2. The van der Waals surface area contributed by atoms with Crippen LogP contribution in [0.1, 0.15) is 11.1 Å². The Balaban J connectivity index is 1.69. The van der Waals surface area contributed by atoms with Gasteiger partial charge in [-0.2, -0.15) is 0 Å². The fraction of sp³-hybridized carbons (Fsp3) is 0.125. The number of para-hydroxylation sites is 1. The Kier molecular flexibility index (Phi) is 6.55. The molecule has 8 heteroatoms. The second kappa shape index (κ2) is 9.36. The van der Waals surface area contributed by atoms with Gasteiger partial charge in [0.05, 0.1) is 22.3 Å². The standard InChI is InChI=1S/C24H19Cl2N3O2S/c1-14-10-11-16(12-19(14)26)29-23(31)17-6-3-4-8-21(17)28-24(29)32-13-22(30)27-20-9-5-7-18(25)15(20)2/h3-12H,13H2,1-2H3,(H,27,30). The maximum atomic E-state index is 13.3. The lowest BCUT2D eigenvalue weighted by Gasteiger charge is -2.14. The predicted molar refractivity (Wildman–Crippen MR) is 133 cm³/mol. The van der Waals surface area contributed by atoms with Crippen LogP contribution in [0.25, 0.3) is 16.6 Å². The van der Waals surface area contributed by atoms with Crippen molar-refractivity contribution in [3.05, 3.63) is 92.2 Å². The summed E-state index contributed by atoms with van der Waals surface area (Å²) in [5.41, 5.74) is 3.30. The van der Waals surface area contributed by atoms with Gasteiger partial charge in [-0.1, -0.05) is 59.2 Å². The van der Waals surface area contributed by atoms with Gasteiger partial charge in [-0.3, -0.25) is 14.2 Å². The van der Waals surface area contributed by atoms with Crippen LogP contribution >= 0.6 is 35.0 Å². The number of hydrogen-bond acceptors (Lipinski definition) is 4. The highest BCUT2D eigenvalue weighted by Gasteiger charge is 2.16. The molecule has 1 N–H and O–H groups in total. The van der Waals surface area contributed by atoms with E-state index >= 15 is 0 Å². The SMILES string of the molecule is Cc1ccc(-n2c(SCC(=O)Nc3cccc(Cl)c3C)nc3ccccc3c2=O)cc1Cl. The molecular formula is C24H19Cl2N3O2S. The zero-order valence-electron chi connectivity index (χ0n) is 17.4. The molecule has 0 aliphatic heterocycles. The van der Waals surface area contributed by atoms with Crippen molar-refractivity contribution in [1.82, 2.24) is 9.55 Å². The molecule has 0 fully saturated rings. The number of anilines is 1. The second-order valence-electron chi connectivity index (χ2n) is 7.23. The van der Waals surface area contributed by atoms with Gasteiger partial charge in [0.1, 0.15) is 0 Å². The van der Waals surface area contributed by atoms with Crippen molar-refractivity contribution < 1.29 is 4.79 Å². The van der Waals surface area contributed by atoms with E-state index < -0.39 is 0 Å². The molecule has 0 aliphatic rings. The van der Waals surface area contributed by atoms with E-state index in [1.807, 2.05) is 32.0 Å². The molecule has 0 atom stereocenters. The van der Waals surface area contributed by atoms with Crippen LogP contribution in [0, 0.1) is 13.8 Å². The first-order valence-corrected chi connectivity index (χ1v) is 11.6. The molecule has 3 aromatic carbocycles. The Morgan fingerprint density at radius 3 is 2.59 bits per heavy atom. The molecule has 1 aromatic heterocycles. The Morgan fingerprint density at radius 1 is 1.03 bits per heavy atom. The molecular weight excluding hydrogens is 465 g/mol. The first-order valence-electron chi connectivity index (χ1n) is 9.81. The van der Waals surface area contributed by atoms with Crippen LogP contribution in [-0.4, -0.2) is 21.2 Å². The van der Waals surface area contributed by atoms with Crippen LogP contribution in [0.3, 0.4) is 0 Å². The Bertz CT molecular complexity index is 1400. The van der Waals surface area contributed by atoms with E-state index in [0.29, 0.717) is 37.5 Å². The molecule has 4 aromatic rings. The van der Waals surface area contributed by atoms with Gasteiger partial charge in [-0.25, -0.2) is 4.98 Å². The molecule has 0 unspecified atom stereocenters. The molecule has 0 aliphatic carbocycles. The van der Waals surface area contributed by atoms with Crippen molar-refractivity contribution in [3.8, 4) is 5.69 Å². The minimum absolute atomic E-state index is 0.0658. The van der Waals surface area contributed by atoms with Crippen LogP contribution in [0.2, 0.25) is 10.0 Å². The van der Waals surface area contributed by atoms with Gasteiger partial charge in [0, 0.05) is 15.7 Å². The average molecular weight is 484 g/mol. The van der Waals surface area contributed by atoms with Crippen molar-refractivity contribution in [3.63, 3.8) is 0 Å². The van der Waals surface area contributed by atoms with Gasteiger partial charge in [-0.05, 0) is 61.4 Å². The van der Waals surface area contributed by atoms with Crippen molar-refractivity contribution >= 4 is 57.5 Å². The van der Waals surface area contributed by atoms with E-state index in [1.165, 1.54) is 16.3 Å². The van der Waals surface area contributed by atoms with E-state index in [1.54, 1.807) is 42.5 Å². The minimum atomic E-state index is -0.226. The second-order valence-corrected chi connectivity index (χ2v) is 8.99. The van der Waals surface area contributed by atoms with Gasteiger partial charge in [0.15, 0.2) is 5.16 Å². The van der Waals surface area contributed by atoms with E-state index in [-0.39, 0.29) is 17.2 Å². The number of hydrogen-bond donors (Lipinski definition) is 1. The number of amides is 1. The molecule has 0 radical (unpaired) electrons. The summed E-state index contributed by atoms with van der Waals surface area (Å²) in [5, 5.41) is 4.90. The highest BCUT2D eigenvalue weighted by Crippen LogP contribution is 2.26. The highest BCUT2D eigenvalue weighted by atomic mass is 35.5. The van der Waals surface area contributed by atoms with Gasteiger partial charge >= 0.3 is 0 Å². The summed E-state index contributed by atoms with van der Waals surface area (Å²) in [4.78, 5) is 30.6. The largest absolute Gasteiger partial charge is 0.325 e. The quantitative estimate of drug-likeness (QED) is 0.277. The monoisotopic (exact) mass is 483 g/mol. The fourth-order valence-electron chi connectivity index (χ4n) is 3.22. The zero-order chi connectivity index (χ0) is 22.8. The third kappa shape index (κ3) is 4.53. The maximum Gasteiger partial charge on any atom is 0.266 e. The molecule has 0 bridgehead atoms. The molecule has 32 heavy (non-hydrogen) atoms. The van der Waals surface area contributed by atoms with Crippen LogP contribution < -0.4 is 10.9 Å². The summed E-state index contributed by atoms with van der Waals surface area (Å²) >= 11 is 13.6. The van der Waals surface area contributed by atoms with Gasteiger partial charge in [0.25, 0.3) is 5.56 Å². The molecule has 1 heterocycles. The Labute approximate surface area is 199 Å². The summed E-state index contributed by atoms with van der Waals surface area (Å²) in [5.74, 6) is -0.160. The number of rotatable bonds is 5. The number of carbonyl (C=O) groups excluding carboxylic acids is 1. The lowest BCUT2D eigenvalue weighted by Crippen LogP contribution is -2.23. The predicted octanol–water partition coefficient (Wildman–Crippen LogP) is 6.04. The van der Waals surface area contributed by atoms with Crippen molar-refractivity contribution in [2.75, 3.05) is 11.1 Å². The van der Waals surface area contributed by atoms with Gasteiger partial charge in [0.2, 0.25) is 5.91 Å².